The number of hydrogen-bond acceptors (Lipinski definition) is 2. The highest BCUT2D eigenvalue weighted by Gasteiger charge is 2.44. The van der Waals surface area contributed by atoms with Crippen LogP contribution in [-0.2, 0) is 0 Å². The van der Waals surface area contributed by atoms with Crippen LogP contribution < -0.4 is 20.7 Å². The molecule has 8 aromatic rings. The second kappa shape index (κ2) is 12.0. The molecule has 3 nitrogen and oxygen atoms in total. The van der Waals surface area contributed by atoms with Gasteiger partial charge in [0.15, 0.2) is 8.07 Å². The highest BCUT2D eigenvalue weighted by molar-refractivity contribution is 7.20. The van der Waals surface area contributed by atoms with Crippen molar-refractivity contribution >= 4 is 50.6 Å². The predicted octanol–water partition coefficient (Wildman–Crippen LogP) is 7.57. The molecule has 0 saturated carbocycles. The molecule has 224 valence electrons. The fraction of sp³-hybridized carbons (Fsp3) is 0. The van der Waals surface area contributed by atoms with E-state index in [1.807, 2.05) is 30.3 Å². The van der Waals surface area contributed by atoms with Gasteiger partial charge in [-0.3, -0.25) is 0 Å². The molecule has 7 aromatic carbocycles. The molecule has 0 spiro atoms. The molecule has 1 aromatic heterocycles. The Morgan fingerprint density at radius 2 is 1.08 bits per heavy atom. The summed E-state index contributed by atoms with van der Waals surface area (Å²) < 4.78 is 2.29. The van der Waals surface area contributed by atoms with Gasteiger partial charge < -0.3 is 4.57 Å². The molecule has 0 atom stereocenters. The molecule has 0 N–H and O–H groups in total. The fourth-order valence-corrected chi connectivity index (χ4v) is 12.5. The number of para-hydroxylation sites is 1. The molecule has 0 bridgehead atoms. The van der Waals surface area contributed by atoms with Gasteiger partial charge in [0.1, 0.15) is 0 Å². The molecule has 0 aliphatic heterocycles. The van der Waals surface area contributed by atoms with E-state index in [0.29, 0.717) is 11.1 Å². The summed E-state index contributed by atoms with van der Waals surface area (Å²) in [7, 11) is -3.03. The summed E-state index contributed by atoms with van der Waals surface area (Å²) in [5.41, 5.74) is 6.77. The van der Waals surface area contributed by atoms with E-state index in [4.69, 9.17) is 0 Å². The van der Waals surface area contributed by atoms with Crippen LogP contribution in [0.25, 0.3) is 38.6 Å². The molecule has 0 saturated heterocycles. The van der Waals surface area contributed by atoms with Crippen molar-refractivity contribution in [3.05, 3.63) is 187 Å². The Hall–Kier alpha value is -6.46. The molecule has 0 fully saturated rings. The molecule has 8 rings (SSSR count). The van der Waals surface area contributed by atoms with Gasteiger partial charge in [0.05, 0.1) is 34.3 Å². The average molecular weight is 628 g/mol. The summed E-state index contributed by atoms with van der Waals surface area (Å²) in [4.78, 5) is 0. The first-order valence-corrected chi connectivity index (χ1v) is 18.0. The highest BCUT2D eigenvalue weighted by atomic mass is 28.3. The van der Waals surface area contributed by atoms with Gasteiger partial charge >= 0.3 is 0 Å². The molecule has 0 aliphatic rings. The first-order valence-electron chi connectivity index (χ1n) is 16.0. The molecule has 48 heavy (non-hydrogen) atoms. The first-order chi connectivity index (χ1) is 23.7. The van der Waals surface area contributed by atoms with E-state index in [9.17, 15) is 10.5 Å². The number of hydrogen-bond donors (Lipinski definition) is 0. The maximum Gasteiger partial charge on any atom is 0.181 e. The summed E-state index contributed by atoms with van der Waals surface area (Å²) in [5.74, 6) is 0. The molecular weight excluding hydrogens is 599 g/mol. The predicted molar refractivity (Wildman–Crippen MR) is 199 cm³/mol. The van der Waals surface area contributed by atoms with Gasteiger partial charge in [0.25, 0.3) is 0 Å². The number of fused-ring (bicyclic) bond motifs is 3. The third kappa shape index (κ3) is 4.55. The summed E-state index contributed by atoms with van der Waals surface area (Å²) >= 11 is 0. The molecule has 0 unspecified atom stereocenters. The van der Waals surface area contributed by atoms with Crippen LogP contribution in [0, 0.1) is 22.7 Å². The highest BCUT2D eigenvalue weighted by Crippen LogP contribution is 2.34. The summed E-state index contributed by atoms with van der Waals surface area (Å²) in [6, 6.07) is 66.3. The van der Waals surface area contributed by atoms with Crippen molar-refractivity contribution in [1.82, 2.24) is 4.57 Å². The summed E-state index contributed by atoms with van der Waals surface area (Å²) in [6.45, 7) is 0. The molecule has 1 heterocycles. The van der Waals surface area contributed by atoms with Crippen molar-refractivity contribution in [2.24, 2.45) is 0 Å². The lowest BCUT2D eigenvalue weighted by molar-refractivity contribution is 1.18. The topological polar surface area (TPSA) is 52.5 Å². The van der Waals surface area contributed by atoms with E-state index in [-0.39, 0.29) is 0 Å². The largest absolute Gasteiger partial charge is 0.309 e. The van der Waals surface area contributed by atoms with Crippen LogP contribution >= 0.6 is 0 Å². The number of benzene rings is 7. The lowest BCUT2D eigenvalue weighted by Crippen LogP contribution is -2.75. The maximum absolute atomic E-state index is 10.5. The normalized spacial score (nSPS) is 11.3. The van der Waals surface area contributed by atoms with Gasteiger partial charge in [0, 0.05) is 16.5 Å². The minimum absolute atomic E-state index is 0.647. The third-order valence-electron chi connectivity index (χ3n) is 9.41. The lowest BCUT2D eigenvalue weighted by atomic mass is 10.0. The minimum Gasteiger partial charge on any atom is -0.309 e. The SMILES string of the molecule is N#Cc1ccc2c(c1)c1ccccc1n2-c1cccc(-c2ccccc2[Si](c2ccccc2)(c2ccccc2)c2ccccc2C#N)c1. The maximum atomic E-state index is 10.5. The Labute approximate surface area is 280 Å². The lowest BCUT2D eigenvalue weighted by Gasteiger charge is -2.36. The van der Waals surface area contributed by atoms with E-state index < -0.39 is 8.07 Å². The third-order valence-corrected chi connectivity index (χ3v) is 14.3. The summed E-state index contributed by atoms with van der Waals surface area (Å²) in [6.07, 6.45) is 0. The van der Waals surface area contributed by atoms with Crippen molar-refractivity contribution in [1.29, 1.82) is 10.5 Å². The van der Waals surface area contributed by atoms with Gasteiger partial charge in [-0.2, -0.15) is 10.5 Å². The van der Waals surface area contributed by atoms with Crippen molar-refractivity contribution in [2.45, 2.75) is 0 Å². The van der Waals surface area contributed by atoms with Gasteiger partial charge in [-0.1, -0.05) is 133 Å². The van der Waals surface area contributed by atoms with Crippen LogP contribution in [0.15, 0.2) is 176 Å². The number of aromatic nitrogens is 1. The van der Waals surface area contributed by atoms with Gasteiger partial charge in [0.2, 0.25) is 0 Å². The standard InChI is InChI=1S/C44H29N3Si/c45-30-32-26-27-42-40(28-32)39-22-8-10-23-41(39)47(42)35-16-13-15-33(29-35)38-21-9-12-25-44(38)48(36-17-3-1-4-18-36,37-19-5-2-6-20-37)43-24-11-7-14-34(43)31-46/h1-29H. The van der Waals surface area contributed by atoms with Crippen LogP contribution in [0.3, 0.4) is 0 Å². The molecule has 0 amide bonds. The van der Waals surface area contributed by atoms with E-state index in [1.54, 1.807) is 0 Å². The van der Waals surface area contributed by atoms with E-state index >= 15 is 0 Å². The monoisotopic (exact) mass is 627 g/mol. The van der Waals surface area contributed by atoms with Crippen LogP contribution in [0.4, 0.5) is 0 Å². The number of rotatable bonds is 6. The average Bonchev–Trinajstić information content (AvgIpc) is 3.50. The Balaban J connectivity index is 1.43. The van der Waals surface area contributed by atoms with Crippen molar-refractivity contribution in [3.8, 4) is 29.0 Å². The number of nitriles is 2. The van der Waals surface area contributed by atoms with Crippen molar-refractivity contribution < 1.29 is 0 Å². The molecule has 0 aliphatic carbocycles. The summed E-state index contributed by atoms with van der Waals surface area (Å²) in [5, 5.41) is 27.1. The van der Waals surface area contributed by atoms with Crippen molar-refractivity contribution in [3.63, 3.8) is 0 Å². The van der Waals surface area contributed by atoms with Gasteiger partial charge in [-0.25, -0.2) is 0 Å². The van der Waals surface area contributed by atoms with Crippen LogP contribution in [-0.4, -0.2) is 12.6 Å². The van der Waals surface area contributed by atoms with Crippen LogP contribution in [0.2, 0.25) is 0 Å². The smallest absolute Gasteiger partial charge is 0.181 e. The Bertz CT molecular complexity index is 2500. The van der Waals surface area contributed by atoms with Gasteiger partial charge in [-0.05, 0) is 74.3 Å². The second-order valence-electron chi connectivity index (χ2n) is 11.9. The minimum atomic E-state index is -3.03. The zero-order valence-electron chi connectivity index (χ0n) is 26.1. The number of nitrogens with zero attached hydrogens (tertiary/aromatic N) is 3. The Morgan fingerprint density at radius 1 is 0.458 bits per heavy atom. The quantitative estimate of drug-likeness (QED) is 0.141. The van der Waals surface area contributed by atoms with Crippen molar-refractivity contribution in [2.75, 3.05) is 0 Å². The zero-order chi connectivity index (χ0) is 32.5. The van der Waals surface area contributed by atoms with E-state index in [0.717, 1.165) is 43.8 Å². The van der Waals surface area contributed by atoms with Crippen LogP contribution in [0.1, 0.15) is 11.1 Å². The zero-order valence-corrected chi connectivity index (χ0v) is 27.1. The fourth-order valence-electron chi connectivity index (χ4n) is 7.41. The first kappa shape index (κ1) is 29.0. The van der Waals surface area contributed by atoms with Crippen LogP contribution in [0.5, 0.6) is 0 Å². The van der Waals surface area contributed by atoms with E-state index in [2.05, 4.69) is 162 Å². The Morgan fingerprint density at radius 3 is 1.81 bits per heavy atom. The second-order valence-corrected chi connectivity index (χ2v) is 15.7. The Kier molecular flexibility index (Phi) is 7.27. The molecule has 4 heteroatoms. The molecular formula is C44H29N3Si. The van der Waals surface area contributed by atoms with Gasteiger partial charge in [-0.15, -0.1) is 0 Å². The van der Waals surface area contributed by atoms with E-state index in [1.165, 1.54) is 15.6 Å². The molecule has 0 radical (unpaired) electrons.